The molecule has 3 rings (SSSR count). The monoisotopic (exact) mass is 427 g/mol. The first kappa shape index (κ1) is 20.7. The van der Waals surface area contributed by atoms with Gasteiger partial charge in [0.05, 0.1) is 5.02 Å². The van der Waals surface area contributed by atoms with Gasteiger partial charge in [-0.2, -0.15) is 0 Å². The van der Waals surface area contributed by atoms with E-state index in [-0.39, 0.29) is 28.2 Å². The lowest BCUT2D eigenvalue weighted by Crippen LogP contribution is -2.24. The SMILES string of the molecule is CC1CCC(Sc2cc(C(=O)Nc3cc(F)c(F)c(F)c3)ccc2Cl)CC1=O. The predicted molar refractivity (Wildman–Crippen MR) is 103 cm³/mol. The Morgan fingerprint density at radius 1 is 1.14 bits per heavy atom. The lowest BCUT2D eigenvalue weighted by Gasteiger charge is -2.25. The molecule has 2 unspecified atom stereocenters. The molecule has 0 bridgehead atoms. The fourth-order valence-electron chi connectivity index (χ4n) is 2.97. The summed E-state index contributed by atoms with van der Waals surface area (Å²) in [5, 5.41) is 2.87. The van der Waals surface area contributed by atoms with E-state index in [0.717, 1.165) is 12.8 Å². The van der Waals surface area contributed by atoms with Gasteiger partial charge < -0.3 is 5.32 Å². The average molecular weight is 428 g/mol. The fraction of sp³-hybridized carbons (Fsp3) is 0.300. The Hall–Kier alpha value is -1.99. The van der Waals surface area contributed by atoms with Crippen LogP contribution in [0, 0.1) is 23.4 Å². The number of carbonyl (C=O) groups excluding carboxylic acids is 2. The third-order valence-corrected chi connectivity index (χ3v) is 6.40. The Morgan fingerprint density at radius 3 is 2.46 bits per heavy atom. The first-order chi connectivity index (χ1) is 13.2. The number of Topliss-reactive ketones (excluding diaryl/α,β-unsaturated/α-hetero) is 1. The van der Waals surface area contributed by atoms with Gasteiger partial charge >= 0.3 is 0 Å². The van der Waals surface area contributed by atoms with Crippen molar-refractivity contribution in [2.45, 2.75) is 36.3 Å². The van der Waals surface area contributed by atoms with Crippen LogP contribution in [0.2, 0.25) is 5.02 Å². The smallest absolute Gasteiger partial charge is 0.255 e. The summed E-state index contributed by atoms with van der Waals surface area (Å²) < 4.78 is 39.7. The molecular weight excluding hydrogens is 411 g/mol. The van der Waals surface area contributed by atoms with Crippen LogP contribution < -0.4 is 5.32 Å². The van der Waals surface area contributed by atoms with Crippen LogP contribution in [-0.4, -0.2) is 16.9 Å². The second-order valence-electron chi connectivity index (χ2n) is 6.74. The van der Waals surface area contributed by atoms with Crippen molar-refractivity contribution in [1.82, 2.24) is 0 Å². The fourth-order valence-corrected chi connectivity index (χ4v) is 4.46. The summed E-state index contributed by atoms with van der Waals surface area (Å²) >= 11 is 7.67. The lowest BCUT2D eigenvalue weighted by atomic mass is 9.89. The molecule has 2 aromatic carbocycles. The number of ketones is 1. The van der Waals surface area contributed by atoms with Crippen LogP contribution >= 0.6 is 23.4 Å². The third-order valence-electron chi connectivity index (χ3n) is 4.63. The number of halogens is 4. The van der Waals surface area contributed by atoms with E-state index in [1.165, 1.54) is 17.8 Å². The van der Waals surface area contributed by atoms with Crippen molar-refractivity contribution in [3.63, 3.8) is 0 Å². The summed E-state index contributed by atoms with van der Waals surface area (Å²) in [5.74, 6) is -4.70. The standard InChI is InChI=1S/C20H17ClF3NO2S/c1-10-2-4-13(9-17(10)26)28-18-6-11(3-5-14(18)21)20(27)25-12-7-15(22)19(24)16(23)8-12/h3,5-8,10,13H,2,4,9H2,1H3,(H,25,27). The molecule has 2 atom stereocenters. The van der Waals surface area contributed by atoms with E-state index in [1.807, 2.05) is 6.92 Å². The van der Waals surface area contributed by atoms with Gasteiger partial charge in [0.1, 0.15) is 5.78 Å². The average Bonchev–Trinajstić information content (AvgIpc) is 2.64. The number of nitrogens with one attached hydrogen (secondary N) is 1. The highest BCUT2D eigenvalue weighted by Crippen LogP contribution is 2.38. The molecule has 1 saturated carbocycles. The van der Waals surface area contributed by atoms with E-state index in [4.69, 9.17) is 11.6 Å². The largest absolute Gasteiger partial charge is 0.322 e. The molecule has 28 heavy (non-hydrogen) atoms. The number of hydrogen-bond donors (Lipinski definition) is 1. The molecule has 0 radical (unpaired) electrons. The molecule has 0 spiro atoms. The van der Waals surface area contributed by atoms with Crippen LogP contribution in [0.15, 0.2) is 35.2 Å². The number of thioether (sulfide) groups is 1. The zero-order chi connectivity index (χ0) is 20.4. The Morgan fingerprint density at radius 2 is 1.82 bits per heavy atom. The van der Waals surface area contributed by atoms with E-state index in [1.54, 1.807) is 12.1 Å². The second-order valence-corrected chi connectivity index (χ2v) is 8.49. The number of hydrogen-bond acceptors (Lipinski definition) is 3. The summed E-state index contributed by atoms with van der Waals surface area (Å²) in [7, 11) is 0. The van der Waals surface area contributed by atoms with Crippen molar-refractivity contribution in [3.8, 4) is 0 Å². The van der Waals surface area contributed by atoms with Crippen molar-refractivity contribution in [3.05, 3.63) is 58.4 Å². The minimum atomic E-state index is -1.60. The van der Waals surface area contributed by atoms with Gasteiger partial charge in [0, 0.05) is 45.9 Å². The number of amides is 1. The van der Waals surface area contributed by atoms with Crippen molar-refractivity contribution in [2.24, 2.45) is 5.92 Å². The van der Waals surface area contributed by atoms with E-state index in [0.29, 0.717) is 28.5 Å². The predicted octanol–water partition coefficient (Wildman–Crippen LogP) is 5.86. The molecular formula is C20H17ClF3NO2S. The first-order valence-electron chi connectivity index (χ1n) is 8.69. The quantitative estimate of drug-likeness (QED) is 0.621. The zero-order valence-electron chi connectivity index (χ0n) is 14.9. The normalized spacial score (nSPS) is 19.5. The summed E-state index contributed by atoms with van der Waals surface area (Å²) in [6.45, 7) is 1.92. The van der Waals surface area contributed by atoms with Gasteiger partial charge in [0.15, 0.2) is 17.5 Å². The van der Waals surface area contributed by atoms with Crippen LogP contribution in [0.25, 0.3) is 0 Å². The molecule has 0 heterocycles. The maximum absolute atomic E-state index is 13.3. The van der Waals surface area contributed by atoms with E-state index >= 15 is 0 Å². The van der Waals surface area contributed by atoms with Crippen molar-refractivity contribution in [2.75, 3.05) is 5.32 Å². The first-order valence-corrected chi connectivity index (χ1v) is 9.95. The molecule has 1 amide bonds. The maximum Gasteiger partial charge on any atom is 0.255 e. The van der Waals surface area contributed by atoms with E-state index in [9.17, 15) is 22.8 Å². The third kappa shape index (κ3) is 4.70. The number of anilines is 1. The Balaban J connectivity index is 1.75. The van der Waals surface area contributed by atoms with Gasteiger partial charge in [0.2, 0.25) is 0 Å². The molecule has 1 N–H and O–H groups in total. The van der Waals surface area contributed by atoms with Crippen molar-refractivity contribution in [1.29, 1.82) is 0 Å². The molecule has 3 nitrogen and oxygen atoms in total. The number of rotatable bonds is 4. The topological polar surface area (TPSA) is 46.2 Å². The molecule has 2 aromatic rings. The number of benzene rings is 2. The Kier molecular flexibility index (Phi) is 6.35. The van der Waals surface area contributed by atoms with Gasteiger partial charge in [0.25, 0.3) is 5.91 Å². The highest BCUT2D eigenvalue weighted by molar-refractivity contribution is 8.00. The second kappa shape index (κ2) is 8.57. The Labute approximate surface area is 169 Å². The number of carbonyl (C=O) groups is 2. The van der Waals surface area contributed by atoms with Gasteiger partial charge in [-0.25, -0.2) is 13.2 Å². The maximum atomic E-state index is 13.3. The van der Waals surface area contributed by atoms with Gasteiger partial charge in [-0.3, -0.25) is 9.59 Å². The van der Waals surface area contributed by atoms with Crippen LogP contribution in [-0.2, 0) is 4.79 Å². The molecule has 0 saturated heterocycles. The van der Waals surface area contributed by atoms with Crippen LogP contribution in [0.5, 0.6) is 0 Å². The zero-order valence-corrected chi connectivity index (χ0v) is 16.5. The molecule has 148 valence electrons. The Bertz CT molecular complexity index is 915. The molecule has 0 aliphatic heterocycles. The van der Waals surface area contributed by atoms with Crippen LogP contribution in [0.3, 0.4) is 0 Å². The van der Waals surface area contributed by atoms with Crippen molar-refractivity contribution >= 4 is 40.7 Å². The molecule has 1 fully saturated rings. The molecule has 8 heteroatoms. The van der Waals surface area contributed by atoms with E-state index in [2.05, 4.69) is 5.32 Å². The summed E-state index contributed by atoms with van der Waals surface area (Å²) in [6.07, 6.45) is 2.14. The van der Waals surface area contributed by atoms with Crippen molar-refractivity contribution < 1.29 is 22.8 Å². The van der Waals surface area contributed by atoms with Crippen LogP contribution in [0.4, 0.5) is 18.9 Å². The molecule has 1 aliphatic carbocycles. The molecule has 1 aliphatic rings. The van der Waals surface area contributed by atoms with E-state index < -0.39 is 23.4 Å². The van der Waals surface area contributed by atoms with Gasteiger partial charge in [-0.05, 0) is 31.0 Å². The van der Waals surface area contributed by atoms with Gasteiger partial charge in [-0.1, -0.05) is 18.5 Å². The van der Waals surface area contributed by atoms with Crippen LogP contribution in [0.1, 0.15) is 36.5 Å². The lowest BCUT2D eigenvalue weighted by molar-refractivity contribution is -0.123. The van der Waals surface area contributed by atoms with Gasteiger partial charge in [-0.15, -0.1) is 11.8 Å². The minimum Gasteiger partial charge on any atom is -0.322 e. The minimum absolute atomic E-state index is 0.0703. The summed E-state index contributed by atoms with van der Waals surface area (Å²) in [5.41, 5.74) is 0.0324. The molecule has 0 aromatic heterocycles. The summed E-state index contributed by atoms with van der Waals surface area (Å²) in [4.78, 5) is 25.0. The summed E-state index contributed by atoms with van der Waals surface area (Å²) in [6, 6.07) is 6.01. The highest BCUT2D eigenvalue weighted by atomic mass is 35.5. The highest BCUT2D eigenvalue weighted by Gasteiger charge is 2.26.